The van der Waals surface area contributed by atoms with Gasteiger partial charge in [-0.2, -0.15) is 5.26 Å². The predicted molar refractivity (Wildman–Crippen MR) is 49.8 cm³/mol. The zero-order chi connectivity index (χ0) is 11.1. The van der Waals surface area contributed by atoms with E-state index in [4.69, 9.17) is 22.0 Å². The Balaban J connectivity index is 4.47. The summed E-state index contributed by atoms with van der Waals surface area (Å²) in [6, 6.07) is 0.892. The molecule has 1 amide bonds. The smallest absolute Gasteiger partial charge is 0.326 e. The summed E-state index contributed by atoms with van der Waals surface area (Å²) in [5, 5.41) is 17.0. The number of rotatable bonds is 5. The topological polar surface area (TPSA) is 81.4 Å². The number of nitriles is 1. The molecule has 0 fully saturated rings. The van der Waals surface area contributed by atoms with E-state index in [1.165, 1.54) is 6.92 Å². The quantitative estimate of drug-likeness (QED) is 0.679. The lowest BCUT2D eigenvalue weighted by Crippen LogP contribution is -2.44. The van der Waals surface area contributed by atoms with Gasteiger partial charge in [0.2, 0.25) is 5.91 Å². The molecular weight excluding hydrogens is 208 g/mol. The van der Waals surface area contributed by atoms with Gasteiger partial charge in [-0.25, -0.2) is 4.79 Å². The van der Waals surface area contributed by atoms with Gasteiger partial charge in [-0.05, 0) is 6.92 Å². The van der Waals surface area contributed by atoms with E-state index in [-0.39, 0.29) is 18.8 Å². The van der Waals surface area contributed by atoms with E-state index < -0.39 is 17.9 Å². The van der Waals surface area contributed by atoms with Crippen LogP contribution in [0.3, 0.4) is 0 Å². The third kappa shape index (κ3) is 3.62. The number of alkyl halides is 1. The number of amides is 1. The van der Waals surface area contributed by atoms with Crippen molar-refractivity contribution in [3.8, 4) is 6.07 Å². The number of aliphatic carboxylic acids is 1. The summed E-state index contributed by atoms with van der Waals surface area (Å²) in [5.41, 5.74) is 0. The molecule has 1 unspecified atom stereocenters. The fourth-order valence-corrected chi connectivity index (χ4v) is 1.07. The van der Waals surface area contributed by atoms with Gasteiger partial charge in [-0.15, -0.1) is 11.6 Å². The van der Waals surface area contributed by atoms with E-state index in [1.807, 2.05) is 6.07 Å². The van der Waals surface area contributed by atoms with Gasteiger partial charge >= 0.3 is 5.97 Å². The SMILES string of the molecule is CC(C(=O)O)N(CCC#N)C(=O)CCl. The number of carbonyl (C=O) groups is 2. The van der Waals surface area contributed by atoms with Gasteiger partial charge in [0.1, 0.15) is 11.9 Å². The Hall–Kier alpha value is -1.28. The van der Waals surface area contributed by atoms with Gasteiger partial charge in [0, 0.05) is 6.54 Å². The summed E-state index contributed by atoms with van der Waals surface area (Å²) >= 11 is 5.31. The molecule has 5 nitrogen and oxygen atoms in total. The zero-order valence-corrected chi connectivity index (χ0v) is 8.49. The van der Waals surface area contributed by atoms with Crippen LogP contribution in [0.5, 0.6) is 0 Å². The second-order valence-corrected chi connectivity index (χ2v) is 2.91. The van der Waals surface area contributed by atoms with Crippen molar-refractivity contribution in [1.29, 1.82) is 5.26 Å². The molecule has 0 bridgehead atoms. The van der Waals surface area contributed by atoms with E-state index in [9.17, 15) is 9.59 Å². The molecule has 0 aromatic rings. The number of carboxylic acids is 1. The van der Waals surface area contributed by atoms with E-state index in [2.05, 4.69) is 0 Å². The molecule has 1 atom stereocenters. The first-order valence-corrected chi connectivity index (χ1v) is 4.53. The molecule has 0 spiro atoms. The lowest BCUT2D eigenvalue weighted by molar-refractivity contribution is -0.148. The third-order valence-electron chi connectivity index (χ3n) is 1.72. The Bertz CT molecular complexity index is 262. The van der Waals surface area contributed by atoms with Crippen molar-refractivity contribution in [2.45, 2.75) is 19.4 Å². The molecule has 78 valence electrons. The Morgan fingerprint density at radius 3 is 2.57 bits per heavy atom. The highest BCUT2D eigenvalue weighted by molar-refractivity contribution is 6.27. The number of hydrogen-bond acceptors (Lipinski definition) is 3. The third-order valence-corrected chi connectivity index (χ3v) is 1.95. The van der Waals surface area contributed by atoms with Crippen molar-refractivity contribution >= 4 is 23.5 Å². The minimum Gasteiger partial charge on any atom is -0.480 e. The number of halogens is 1. The lowest BCUT2D eigenvalue weighted by Gasteiger charge is -2.24. The van der Waals surface area contributed by atoms with Gasteiger partial charge in [-0.3, -0.25) is 4.79 Å². The number of hydrogen-bond donors (Lipinski definition) is 1. The molecule has 6 heteroatoms. The standard InChI is InChI=1S/C8H11ClN2O3/c1-6(8(13)14)11(4-2-3-10)7(12)5-9/h6H,2,4-5H2,1H3,(H,13,14). The second kappa shape index (κ2) is 6.22. The first-order valence-electron chi connectivity index (χ1n) is 3.99. The Kier molecular flexibility index (Phi) is 5.65. The Labute approximate surface area is 86.9 Å². The van der Waals surface area contributed by atoms with Crippen LogP contribution in [-0.2, 0) is 9.59 Å². The molecule has 0 aliphatic heterocycles. The minimum absolute atomic E-state index is 0.0928. The van der Waals surface area contributed by atoms with Crippen molar-refractivity contribution < 1.29 is 14.7 Å². The average Bonchev–Trinajstić information content (AvgIpc) is 2.17. The maximum atomic E-state index is 11.2. The number of carboxylic acid groups (broad SMARTS) is 1. The molecule has 0 aromatic heterocycles. The Morgan fingerprint density at radius 2 is 2.21 bits per heavy atom. The van der Waals surface area contributed by atoms with Crippen molar-refractivity contribution in [3.63, 3.8) is 0 Å². The highest BCUT2D eigenvalue weighted by atomic mass is 35.5. The van der Waals surface area contributed by atoms with Crippen LogP contribution in [0.2, 0.25) is 0 Å². The fourth-order valence-electron chi connectivity index (χ4n) is 0.915. The lowest BCUT2D eigenvalue weighted by atomic mass is 10.2. The van der Waals surface area contributed by atoms with Crippen LogP contribution in [0.25, 0.3) is 0 Å². The van der Waals surface area contributed by atoms with Crippen LogP contribution < -0.4 is 0 Å². The number of carbonyl (C=O) groups excluding carboxylic acids is 1. The largest absolute Gasteiger partial charge is 0.480 e. The monoisotopic (exact) mass is 218 g/mol. The van der Waals surface area contributed by atoms with Crippen molar-refractivity contribution in [1.82, 2.24) is 4.90 Å². The minimum atomic E-state index is -1.11. The first-order chi connectivity index (χ1) is 6.54. The summed E-state index contributed by atoms with van der Waals surface area (Å²) < 4.78 is 0. The van der Waals surface area contributed by atoms with E-state index in [0.29, 0.717) is 0 Å². The van der Waals surface area contributed by atoms with Crippen molar-refractivity contribution in [2.75, 3.05) is 12.4 Å². The molecule has 0 radical (unpaired) electrons. The van der Waals surface area contributed by atoms with Gasteiger partial charge in [0.15, 0.2) is 0 Å². The van der Waals surface area contributed by atoms with Crippen LogP contribution in [-0.4, -0.2) is 40.3 Å². The molecule has 0 saturated heterocycles. The van der Waals surface area contributed by atoms with Crippen LogP contribution in [0.15, 0.2) is 0 Å². The van der Waals surface area contributed by atoms with Crippen LogP contribution >= 0.6 is 11.6 Å². The number of nitrogens with zero attached hydrogens (tertiary/aromatic N) is 2. The van der Waals surface area contributed by atoms with E-state index in [1.54, 1.807) is 0 Å². The summed E-state index contributed by atoms with van der Waals surface area (Å²) in [6.45, 7) is 1.47. The molecule has 0 heterocycles. The maximum Gasteiger partial charge on any atom is 0.326 e. The summed E-state index contributed by atoms with van der Waals surface area (Å²) in [4.78, 5) is 22.9. The van der Waals surface area contributed by atoms with Gasteiger partial charge < -0.3 is 10.0 Å². The Morgan fingerprint density at radius 1 is 1.64 bits per heavy atom. The highest BCUT2D eigenvalue weighted by Crippen LogP contribution is 2.02. The molecule has 0 rings (SSSR count). The summed E-state index contributed by atoms with van der Waals surface area (Å²) in [6.07, 6.45) is 0.0975. The van der Waals surface area contributed by atoms with Gasteiger partial charge in [-0.1, -0.05) is 0 Å². The first kappa shape index (κ1) is 12.7. The molecule has 0 saturated carbocycles. The maximum absolute atomic E-state index is 11.2. The van der Waals surface area contributed by atoms with Gasteiger partial charge in [0.05, 0.1) is 12.5 Å². The van der Waals surface area contributed by atoms with Crippen LogP contribution in [0.4, 0.5) is 0 Å². The molecule has 0 aliphatic rings. The summed E-state index contributed by atoms with van der Waals surface area (Å²) in [7, 11) is 0. The molecule has 14 heavy (non-hydrogen) atoms. The molecule has 1 N–H and O–H groups in total. The second-order valence-electron chi connectivity index (χ2n) is 2.64. The normalized spacial score (nSPS) is 11.5. The molecule has 0 aliphatic carbocycles. The fraction of sp³-hybridized carbons (Fsp3) is 0.625. The average molecular weight is 219 g/mol. The van der Waals surface area contributed by atoms with Gasteiger partial charge in [0.25, 0.3) is 0 Å². The molecule has 0 aromatic carbocycles. The predicted octanol–water partition coefficient (Wildman–Crippen LogP) is 0.441. The zero-order valence-electron chi connectivity index (χ0n) is 7.73. The van der Waals surface area contributed by atoms with Crippen molar-refractivity contribution in [2.24, 2.45) is 0 Å². The van der Waals surface area contributed by atoms with E-state index >= 15 is 0 Å². The van der Waals surface area contributed by atoms with E-state index in [0.717, 1.165) is 4.90 Å². The van der Waals surface area contributed by atoms with Crippen LogP contribution in [0.1, 0.15) is 13.3 Å². The molecular formula is C8H11ClN2O3. The van der Waals surface area contributed by atoms with Crippen molar-refractivity contribution in [3.05, 3.63) is 0 Å². The van der Waals surface area contributed by atoms with Crippen LogP contribution in [0, 0.1) is 11.3 Å². The summed E-state index contributed by atoms with van der Waals surface area (Å²) in [5.74, 6) is -1.86. The highest BCUT2D eigenvalue weighted by Gasteiger charge is 2.24.